The second-order valence-electron chi connectivity index (χ2n) is 14.0. The third kappa shape index (κ3) is 4.40. The summed E-state index contributed by atoms with van der Waals surface area (Å²) in [6, 6.07) is 0. The molecule has 0 radical (unpaired) electrons. The molecule has 1 N–H and O–H groups in total. The van der Waals surface area contributed by atoms with Crippen LogP contribution in [-0.2, 0) is 8.85 Å². The molecular weight excluding hydrogens is 416 g/mol. The van der Waals surface area contributed by atoms with Gasteiger partial charge in [0.25, 0.3) is 0 Å². The van der Waals surface area contributed by atoms with E-state index in [9.17, 15) is 5.11 Å². The van der Waals surface area contributed by atoms with Gasteiger partial charge in [-0.1, -0.05) is 13.8 Å². The van der Waals surface area contributed by atoms with Gasteiger partial charge in [0, 0.05) is 12.0 Å². The van der Waals surface area contributed by atoms with Gasteiger partial charge in [0.2, 0.25) is 0 Å². The predicted octanol–water partition coefficient (Wildman–Crippen LogP) is 6.69. The van der Waals surface area contributed by atoms with Crippen LogP contribution in [0.5, 0.6) is 0 Å². The monoisotopic (exact) mass is 466 g/mol. The molecule has 0 aliphatic heterocycles. The summed E-state index contributed by atoms with van der Waals surface area (Å²) < 4.78 is 13.5. The molecule has 0 saturated heterocycles. The molecule has 0 amide bonds. The number of aliphatic hydroxyl groups excluding tert-OH is 1. The molecular formula is C26H50O3Si2. The van der Waals surface area contributed by atoms with Crippen molar-refractivity contribution in [2.24, 2.45) is 40.4 Å². The molecule has 31 heavy (non-hydrogen) atoms. The van der Waals surface area contributed by atoms with E-state index in [1.807, 2.05) is 0 Å². The molecule has 4 saturated carbocycles. The molecule has 3 nitrogen and oxygen atoms in total. The Kier molecular flexibility index (Phi) is 6.48. The molecule has 0 aromatic rings. The average molecular weight is 467 g/mol. The Labute approximate surface area is 194 Å². The second kappa shape index (κ2) is 8.21. The van der Waals surface area contributed by atoms with Crippen molar-refractivity contribution in [1.82, 2.24) is 0 Å². The third-order valence-corrected chi connectivity index (χ3v) is 12.0. The predicted molar refractivity (Wildman–Crippen MR) is 134 cm³/mol. The van der Waals surface area contributed by atoms with E-state index in [1.54, 1.807) is 0 Å². The highest BCUT2D eigenvalue weighted by molar-refractivity contribution is 6.70. The number of rotatable bonds is 5. The molecule has 4 aliphatic rings. The molecule has 9 atom stereocenters. The largest absolute Gasteiger partial charge is 0.417 e. The first-order valence-corrected chi connectivity index (χ1v) is 20.1. The summed E-state index contributed by atoms with van der Waals surface area (Å²) in [5.41, 5.74) is 0.647. The van der Waals surface area contributed by atoms with Crippen molar-refractivity contribution < 1.29 is 14.0 Å². The van der Waals surface area contributed by atoms with Gasteiger partial charge in [-0.2, -0.15) is 0 Å². The fourth-order valence-corrected chi connectivity index (χ4v) is 10.7. The first kappa shape index (κ1) is 24.4. The van der Waals surface area contributed by atoms with Gasteiger partial charge >= 0.3 is 0 Å². The molecule has 4 aliphatic carbocycles. The third-order valence-electron chi connectivity index (χ3n) is 10.00. The van der Waals surface area contributed by atoms with Gasteiger partial charge in [-0.3, -0.25) is 0 Å². The number of hydrogen-bond donors (Lipinski definition) is 1. The van der Waals surface area contributed by atoms with Gasteiger partial charge < -0.3 is 14.0 Å². The Morgan fingerprint density at radius 3 is 2.23 bits per heavy atom. The molecule has 180 valence electrons. The SMILES string of the molecule is CC1CC(O)CC2CC[C@@H]3[C@@H](CC[C@]4(C)C(O[Si](C)(C)C)CC[C@@H]34)[C@@]12CO[Si](C)(C)C. The summed E-state index contributed by atoms with van der Waals surface area (Å²) in [4.78, 5) is 0. The van der Waals surface area contributed by atoms with Gasteiger partial charge in [-0.25, -0.2) is 0 Å². The zero-order valence-electron chi connectivity index (χ0n) is 21.7. The van der Waals surface area contributed by atoms with Gasteiger partial charge in [0.1, 0.15) is 0 Å². The van der Waals surface area contributed by atoms with Crippen molar-refractivity contribution in [3.05, 3.63) is 0 Å². The average Bonchev–Trinajstić information content (AvgIpc) is 2.94. The van der Waals surface area contributed by atoms with Crippen LogP contribution in [0.2, 0.25) is 39.3 Å². The minimum atomic E-state index is -1.58. The number of aliphatic hydroxyl groups is 1. The van der Waals surface area contributed by atoms with E-state index >= 15 is 0 Å². The van der Waals surface area contributed by atoms with E-state index < -0.39 is 16.6 Å². The van der Waals surface area contributed by atoms with Crippen molar-refractivity contribution >= 4 is 16.6 Å². The van der Waals surface area contributed by atoms with E-state index in [2.05, 4.69) is 53.1 Å². The van der Waals surface area contributed by atoms with Crippen molar-refractivity contribution in [2.75, 3.05) is 6.61 Å². The van der Waals surface area contributed by atoms with Crippen LogP contribution in [0, 0.1) is 40.4 Å². The summed E-state index contributed by atoms with van der Waals surface area (Å²) in [5, 5.41) is 10.6. The summed E-state index contributed by atoms with van der Waals surface area (Å²) in [7, 11) is -3.11. The standard InChI is InChI=1S/C26H50O3Si2/c1-18-15-20(27)16-19-9-10-21-22-11-12-24(29-31(6,7)8)25(22,2)14-13-23(21)26(18,19)17-28-30(3,4)5/h18-24,27H,9-17H2,1-8H3/t18?,19?,20?,21-,22-,23+,24?,25-,26-/m0/s1. The Bertz CT molecular complexity index is 656. The lowest BCUT2D eigenvalue weighted by atomic mass is 9.42. The smallest absolute Gasteiger partial charge is 0.184 e. The molecule has 5 heteroatoms. The maximum absolute atomic E-state index is 10.6. The van der Waals surface area contributed by atoms with Crippen molar-refractivity contribution in [3.63, 3.8) is 0 Å². The van der Waals surface area contributed by atoms with Crippen LogP contribution in [0.3, 0.4) is 0 Å². The summed E-state index contributed by atoms with van der Waals surface area (Å²) in [5.74, 6) is 3.62. The minimum Gasteiger partial charge on any atom is -0.417 e. The van der Waals surface area contributed by atoms with Crippen molar-refractivity contribution in [3.8, 4) is 0 Å². The fourth-order valence-electron chi connectivity index (χ4n) is 8.76. The van der Waals surface area contributed by atoms with Crippen molar-refractivity contribution in [2.45, 2.75) is 117 Å². The van der Waals surface area contributed by atoms with Crippen molar-refractivity contribution in [1.29, 1.82) is 0 Å². The summed E-state index contributed by atoms with van der Waals surface area (Å²) in [6.45, 7) is 20.1. The highest BCUT2D eigenvalue weighted by atomic mass is 28.4. The molecule has 0 heterocycles. The second-order valence-corrected chi connectivity index (χ2v) is 23.0. The van der Waals surface area contributed by atoms with Crippen LogP contribution in [0.4, 0.5) is 0 Å². The lowest BCUT2D eigenvalue weighted by Crippen LogP contribution is -2.61. The van der Waals surface area contributed by atoms with E-state index in [0.29, 0.717) is 23.4 Å². The van der Waals surface area contributed by atoms with Gasteiger partial charge in [0.15, 0.2) is 16.6 Å². The van der Waals surface area contributed by atoms with Gasteiger partial charge in [-0.05, 0) is 126 Å². The Balaban J connectivity index is 1.64. The first-order chi connectivity index (χ1) is 14.3. The maximum Gasteiger partial charge on any atom is 0.184 e. The van der Waals surface area contributed by atoms with Crippen LogP contribution >= 0.6 is 0 Å². The first-order valence-electron chi connectivity index (χ1n) is 13.3. The summed E-state index contributed by atoms with van der Waals surface area (Å²) >= 11 is 0. The molecule has 4 fully saturated rings. The zero-order valence-corrected chi connectivity index (χ0v) is 23.7. The van der Waals surface area contributed by atoms with E-state index in [-0.39, 0.29) is 11.5 Å². The molecule has 0 bridgehead atoms. The fraction of sp³-hybridized carbons (Fsp3) is 1.00. The normalized spacial score (nSPS) is 48.1. The van der Waals surface area contributed by atoms with Crippen LogP contribution in [0.15, 0.2) is 0 Å². The van der Waals surface area contributed by atoms with E-state index in [0.717, 1.165) is 37.2 Å². The number of fused-ring (bicyclic) bond motifs is 5. The van der Waals surface area contributed by atoms with E-state index in [1.165, 1.54) is 38.5 Å². The lowest BCUT2D eigenvalue weighted by molar-refractivity contribution is -0.178. The molecule has 4 unspecified atom stereocenters. The topological polar surface area (TPSA) is 38.7 Å². The molecule has 4 rings (SSSR count). The van der Waals surface area contributed by atoms with Gasteiger partial charge in [-0.15, -0.1) is 0 Å². The highest BCUT2D eigenvalue weighted by Crippen LogP contribution is 2.68. The van der Waals surface area contributed by atoms with E-state index in [4.69, 9.17) is 8.85 Å². The molecule has 0 spiro atoms. The summed E-state index contributed by atoms with van der Waals surface area (Å²) in [6.07, 6.45) is 10.3. The number of hydrogen-bond acceptors (Lipinski definition) is 3. The molecule has 0 aromatic carbocycles. The zero-order chi connectivity index (χ0) is 22.8. The van der Waals surface area contributed by atoms with Gasteiger partial charge in [0.05, 0.1) is 12.2 Å². The van der Waals surface area contributed by atoms with Crippen LogP contribution in [0.1, 0.15) is 65.2 Å². The van der Waals surface area contributed by atoms with Crippen LogP contribution in [-0.4, -0.2) is 40.6 Å². The Morgan fingerprint density at radius 1 is 0.871 bits per heavy atom. The quantitative estimate of drug-likeness (QED) is 0.459. The minimum absolute atomic E-state index is 0.105. The van der Waals surface area contributed by atoms with Crippen LogP contribution in [0.25, 0.3) is 0 Å². The Hall–Kier alpha value is 0.314. The maximum atomic E-state index is 10.6. The molecule has 0 aromatic heterocycles. The Morgan fingerprint density at radius 2 is 1.58 bits per heavy atom. The highest BCUT2D eigenvalue weighted by Gasteiger charge is 2.63. The van der Waals surface area contributed by atoms with Crippen LogP contribution < -0.4 is 0 Å². The lowest BCUT2D eigenvalue weighted by Gasteiger charge is -2.64.